The number of nitrogens with two attached hydrogens (primary N) is 1. The van der Waals surface area contributed by atoms with Crippen molar-refractivity contribution < 1.29 is 9.13 Å². The van der Waals surface area contributed by atoms with Gasteiger partial charge in [0.2, 0.25) is 0 Å². The molecular weight excluding hydrogens is 279 g/mol. The zero-order chi connectivity index (χ0) is 15.5. The van der Waals surface area contributed by atoms with Gasteiger partial charge >= 0.3 is 0 Å². The molecule has 2 N–H and O–H groups in total. The normalized spacial score (nSPS) is 22.0. The van der Waals surface area contributed by atoms with E-state index in [4.69, 9.17) is 10.5 Å². The average Bonchev–Trinajstić information content (AvgIpc) is 2.89. The largest absolute Gasteiger partial charge is 0.497 e. The predicted molar refractivity (Wildman–Crippen MR) is 85.4 cm³/mol. The Balaban J connectivity index is 1.76. The van der Waals surface area contributed by atoms with E-state index in [0.29, 0.717) is 11.3 Å². The Morgan fingerprint density at radius 3 is 2.68 bits per heavy atom. The van der Waals surface area contributed by atoms with Crippen molar-refractivity contribution in [1.82, 2.24) is 4.90 Å². The van der Waals surface area contributed by atoms with E-state index in [1.807, 2.05) is 18.2 Å². The molecular formula is C18H21FN2O. The van der Waals surface area contributed by atoms with Crippen molar-refractivity contribution >= 4 is 0 Å². The van der Waals surface area contributed by atoms with Crippen LogP contribution in [0.15, 0.2) is 48.5 Å². The maximum Gasteiger partial charge on any atom is 0.127 e. The summed E-state index contributed by atoms with van der Waals surface area (Å²) in [7, 11) is 1.59. The van der Waals surface area contributed by atoms with Crippen LogP contribution in [0, 0.1) is 5.82 Å². The average molecular weight is 300 g/mol. The number of benzene rings is 2. The molecule has 3 nitrogen and oxygen atoms in total. The molecule has 1 saturated heterocycles. The maximum absolute atomic E-state index is 14.2. The minimum atomic E-state index is -0.206. The Bertz CT molecular complexity index is 632. The van der Waals surface area contributed by atoms with Crippen LogP contribution in [0.25, 0.3) is 0 Å². The van der Waals surface area contributed by atoms with Crippen LogP contribution >= 0.6 is 0 Å². The molecule has 1 fully saturated rings. The summed E-state index contributed by atoms with van der Waals surface area (Å²) in [4.78, 5) is 2.28. The van der Waals surface area contributed by atoms with E-state index in [9.17, 15) is 4.39 Å². The first kappa shape index (κ1) is 15.0. The molecule has 0 spiro atoms. The van der Waals surface area contributed by atoms with E-state index < -0.39 is 0 Å². The summed E-state index contributed by atoms with van der Waals surface area (Å²) in [5.41, 5.74) is 8.17. The molecule has 1 aliphatic heterocycles. The summed E-state index contributed by atoms with van der Waals surface area (Å²) in [6.07, 6.45) is 0. The molecule has 2 atom stereocenters. The van der Waals surface area contributed by atoms with Crippen LogP contribution in [0.2, 0.25) is 0 Å². The number of likely N-dealkylation sites (tertiary alicyclic amines) is 1. The van der Waals surface area contributed by atoms with E-state index in [0.717, 1.165) is 19.6 Å². The van der Waals surface area contributed by atoms with E-state index in [-0.39, 0.29) is 17.8 Å². The Morgan fingerprint density at radius 2 is 1.95 bits per heavy atom. The molecule has 0 bridgehead atoms. The first-order valence-corrected chi connectivity index (χ1v) is 7.52. The lowest BCUT2D eigenvalue weighted by Crippen LogP contribution is -2.29. The summed E-state index contributed by atoms with van der Waals surface area (Å²) in [5, 5.41) is 0. The standard InChI is InChI=1S/C18H21FN2O/c1-22-14-7-8-17(19)15(9-14)16-11-21(12-18(16)20)10-13-5-3-2-4-6-13/h2-9,16,18H,10-12,20H2,1H3. The monoisotopic (exact) mass is 300 g/mol. The Morgan fingerprint density at radius 1 is 1.18 bits per heavy atom. The SMILES string of the molecule is COc1ccc(F)c(C2CN(Cc3ccccc3)CC2N)c1. The van der Waals surface area contributed by atoms with Crippen LogP contribution in [0.5, 0.6) is 5.75 Å². The highest BCUT2D eigenvalue weighted by Gasteiger charge is 2.33. The van der Waals surface area contributed by atoms with Gasteiger partial charge in [-0.25, -0.2) is 4.39 Å². The minimum absolute atomic E-state index is 0.00110. The van der Waals surface area contributed by atoms with Gasteiger partial charge in [-0.2, -0.15) is 0 Å². The molecule has 1 heterocycles. The van der Waals surface area contributed by atoms with Gasteiger partial charge in [0.15, 0.2) is 0 Å². The van der Waals surface area contributed by atoms with E-state index in [1.54, 1.807) is 19.2 Å². The first-order valence-electron chi connectivity index (χ1n) is 7.52. The van der Waals surface area contributed by atoms with Gasteiger partial charge in [-0.1, -0.05) is 30.3 Å². The second kappa shape index (κ2) is 6.46. The highest BCUT2D eigenvalue weighted by molar-refractivity contribution is 5.34. The van der Waals surface area contributed by atoms with Crippen molar-refractivity contribution in [3.05, 3.63) is 65.5 Å². The smallest absolute Gasteiger partial charge is 0.127 e. The van der Waals surface area contributed by atoms with Crippen LogP contribution in [0.4, 0.5) is 4.39 Å². The maximum atomic E-state index is 14.2. The molecule has 2 unspecified atom stereocenters. The number of halogens is 1. The summed E-state index contributed by atoms with van der Waals surface area (Å²) < 4.78 is 19.4. The third-order valence-corrected chi connectivity index (χ3v) is 4.29. The quantitative estimate of drug-likeness (QED) is 0.943. The summed E-state index contributed by atoms with van der Waals surface area (Å²) in [6.45, 7) is 2.38. The lowest BCUT2D eigenvalue weighted by molar-refractivity contribution is 0.323. The van der Waals surface area contributed by atoms with Crippen molar-refractivity contribution in [2.75, 3.05) is 20.2 Å². The Kier molecular flexibility index (Phi) is 4.41. The molecule has 0 amide bonds. The second-order valence-electron chi connectivity index (χ2n) is 5.84. The van der Waals surface area contributed by atoms with E-state index in [1.165, 1.54) is 11.6 Å². The molecule has 4 heteroatoms. The number of methoxy groups -OCH3 is 1. The van der Waals surface area contributed by atoms with Gasteiger partial charge in [-0.05, 0) is 29.3 Å². The van der Waals surface area contributed by atoms with Gasteiger partial charge in [0.1, 0.15) is 11.6 Å². The Hall–Kier alpha value is -1.91. The van der Waals surface area contributed by atoms with Crippen LogP contribution < -0.4 is 10.5 Å². The molecule has 3 rings (SSSR count). The highest BCUT2D eigenvalue weighted by atomic mass is 19.1. The van der Waals surface area contributed by atoms with Crippen LogP contribution in [-0.2, 0) is 6.54 Å². The van der Waals surface area contributed by atoms with Crippen LogP contribution in [0.1, 0.15) is 17.0 Å². The molecule has 0 aromatic heterocycles. The molecule has 2 aromatic rings. The van der Waals surface area contributed by atoms with Crippen molar-refractivity contribution in [3.8, 4) is 5.75 Å². The van der Waals surface area contributed by atoms with Crippen LogP contribution in [0.3, 0.4) is 0 Å². The van der Waals surface area contributed by atoms with Gasteiger partial charge in [-0.3, -0.25) is 4.90 Å². The molecule has 0 radical (unpaired) electrons. The fraction of sp³-hybridized carbons (Fsp3) is 0.333. The number of nitrogens with zero attached hydrogens (tertiary/aromatic N) is 1. The predicted octanol–water partition coefficient (Wildman–Crippen LogP) is 2.76. The molecule has 116 valence electrons. The fourth-order valence-electron chi connectivity index (χ4n) is 3.15. The van der Waals surface area contributed by atoms with Crippen molar-refractivity contribution in [2.24, 2.45) is 5.73 Å². The van der Waals surface area contributed by atoms with E-state index in [2.05, 4.69) is 17.0 Å². The van der Waals surface area contributed by atoms with Crippen molar-refractivity contribution in [2.45, 2.75) is 18.5 Å². The van der Waals surface area contributed by atoms with Gasteiger partial charge < -0.3 is 10.5 Å². The Labute approximate surface area is 130 Å². The summed E-state index contributed by atoms with van der Waals surface area (Å²) in [5.74, 6) is 0.465. The lowest BCUT2D eigenvalue weighted by atomic mass is 9.94. The van der Waals surface area contributed by atoms with E-state index >= 15 is 0 Å². The highest BCUT2D eigenvalue weighted by Crippen LogP contribution is 2.31. The molecule has 0 saturated carbocycles. The molecule has 2 aromatic carbocycles. The van der Waals surface area contributed by atoms with Gasteiger partial charge in [0.25, 0.3) is 0 Å². The summed E-state index contributed by atoms with van der Waals surface area (Å²) >= 11 is 0. The summed E-state index contributed by atoms with van der Waals surface area (Å²) in [6, 6.07) is 15.1. The topological polar surface area (TPSA) is 38.5 Å². The zero-order valence-electron chi connectivity index (χ0n) is 12.7. The molecule has 0 aliphatic carbocycles. The third kappa shape index (κ3) is 3.13. The number of ether oxygens (including phenoxy) is 1. The van der Waals surface area contributed by atoms with Crippen molar-refractivity contribution in [1.29, 1.82) is 0 Å². The number of hydrogen-bond donors (Lipinski definition) is 1. The third-order valence-electron chi connectivity index (χ3n) is 4.29. The fourth-order valence-corrected chi connectivity index (χ4v) is 3.15. The zero-order valence-corrected chi connectivity index (χ0v) is 12.7. The van der Waals surface area contributed by atoms with Gasteiger partial charge in [0.05, 0.1) is 7.11 Å². The first-order chi connectivity index (χ1) is 10.7. The minimum Gasteiger partial charge on any atom is -0.497 e. The van der Waals surface area contributed by atoms with Crippen molar-refractivity contribution in [3.63, 3.8) is 0 Å². The van der Waals surface area contributed by atoms with Gasteiger partial charge in [0, 0.05) is 31.6 Å². The van der Waals surface area contributed by atoms with Gasteiger partial charge in [-0.15, -0.1) is 0 Å². The number of hydrogen-bond acceptors (Lipinski definition) is 3. The molecule has 22 heavy (non-hydrogen) atoms. The second-order valence-corrected chi connectivity index (χ2v) is 5.84. The van der Waals surface area contributed by atoms with Crippen LogP contribution in [-0.4, -0.2) is 31.1 Å². The molecule has 1 aliphatic rings. The lowest BCUT2D eigenvalue weighted by Gasteiger charge is -2.17. The number of rotatable bonds is 4.